The van der Waals surface area contributed by atoms with Crippen molar-refractivity contribution in [3.63, 3.8) is 0 Å². The molecule has 0 fully saturated rings. The van der Waals surface area contributed by atoms with Gasteiger partial charge < -0.3 is 10.6 Å². The van der Waals surface area contributed by atoms with E-state index in [1.807, 2.05) is 25.1 Å². The molecule has 0 bridgehead atoms. The number of hydrogen-bond donors (Lipinski definition) is 2. The molecule has 0 saturated heterocycles. The SMILES string of the molecule is CC(=O)Nc1cccc(-n2cnnc2SCC(=O)Nc2cccc(Cl)c2C)c1. The lowest BCUT2D eigenvalue weighted by Gasteiger charge is -2.10. The minimum absolute atomic E-state index is 0.150. The van der Waals surface area contributed by atoms with Gasteiger partial charge in [0.2, 0.25) is 11.8 Å². The molecule has 0 unspecified atom stereocenters. The zero-order chi connectivity index (χ0) is 20.1. The highest BCUT2D eigenvalue weighted by Crippen LogP contribution is 2.24. The van der Waals surface area contributed by atoms with Crippen LogP contribution in [-0.4, -0.2) is 32.3 Å². The third kappa shape index (κ3) is 4.90. The third-order valence-corrected chi connectivity index (χ3v) is 5.19. The van der Waals surface area contributed by atoms with E-state index >= 15 is 0 Å². The van der Waals surface area contributed by atoms with Crippen LogP contribution >= 0.6 is 23.4 Å². The minimum atomic E-state index is -0.170. The van der Waals surface area contributed by atoms with Crippen molar-refractivity contribution in [1.82, 2.24) is 14.8 Å². The number of amides is 2. The second-order valence-electron chi connectivity index (χ2n) is 5.96. The van der Waals surface area contributed by atoms with E-state index in [-0.39, 0.29) is 17.6 Å². The summed E-state index contributed by atoms with van der Waals surface area (Å²) in [5.74, 6) is -0.156. The van der Waals surface area contributed by atoms with Crippen molar-refractivity contribution < 1.29 is 9.59 Å². The number of benzene rings is 2. The molecular weight excluding hydrogens is 398 g/mol. The second kappa shape index (κ2) is 8.90. The van der Waals surface area contributed by atoms with Gasteiger partial charge in [-0.05, 0) is 42.8 Å². The summed E-state index contributed by atoms with van der Waals surface area (Å²) in [5, 5.41) is 14.8. The molecule has 0 saturated carbocycles. The summed E-state index contributed by atoms with van der Waals surface area (Å²) in [5.41, 5.74) is 2.96. The zero-order valence-electron chi connectivity index (χ0n) is 15.3. The standard InChI is InChI=1S/C19H18ClN5O2S/c1-12-16(20)7-4-8-17(12)23-18(27)10-28-19-24-21-11-25(19)15-6-3-5-14(9-15)22-13(2)26/h3-9,11H,10H2,1-2H3,(H,22,26)(H,23,27). The van der Waals surface area contributed by atoms with Crippen LogP contribution in [0.4, 0.5) is 11.4 Å². The lowest BCUT2D eigenvalue weighted by Crippen LogP contribution is -2.15. The molecule has 7 nitrogen and oxygen atoms in total. The molecule has 0 aliphatic heterocycles. The number of thioether (sulfide) groups is 1. The van der Waals surface area contributed by atoms with Crippen LogP contribution in [-0.2, 0) is 9.59 Å². The Hall–Kier alpha value is -2.84. The second-order valence-corrected chi connectivity index (χ2v) is 7.31. The molecule has 1 heterocycles. The number of carbonyl (C=O) groups is 2. The van der Waals surface area contributed by atoms with Gasteiger partial charge in [-0.3, -0.25) is 14.2 Å². The molecule has 2 N–H and O–H groups in total. The van der Waals surface area contributed by atoms with Crippen molar-refractivity contribution in [3.8, 4) is 5.69 Å². The first kappa shape index (κ1) is 19.9. The van der Waals surface area contributed by atoms with E-state index < -0.39 is 0 Å². The number of hydrogen-bond acceptors (Lipinski definition) is 5. The van der Waals surface area contributed by atoms with Crippen LogP contribution in [0.1, 0.15) is 12.5 Å². The van der Waals surface area contributed by atoms with E-state index in [9.17, 15) is 9.59 Å². The van der Waals surface area contributed by atoms with Crippen molar-refractivity contribution in [1.29, 1.82) is 0 Å². The van der Waals surface area contributed by atoms with Crippen LogP contribution in [0.5, 0.6) is 0 Å². The predicted octanol–water partition coefficient (Wildman–Crippen LogP) is 3.92. The molecule has 3 rings (SSSR count). The Balaban J connectivity index is 1.68. The van der Waals surface area contributed by atoms with E-state index in [2.05, 4.69) is 20.8 Å². The molecule has 3 aromatic rings. The summed E-state index contributed by atoms with van der Waals surface area (Å²) >= 11 is 7.35. The number of rotatable bonds is 6. The Morgan fingerprint density at radius 2 is 1.96 bits per heavy atom. The summed E-state index contributed by atoms with van der Waals surface area (Å²) in [6, 6.07) is 12.7. The Kier molecular flexibility index (Phi) is 6.33. The molecule has 144 valence electrons. The summed E-state index contributed by atoms with van der Waals surface area (Å²) in [4.78, 5) is 23.6. The molecule has 28 heavy (non-hydrogen) atoms. The van der Waals surface area contributed by atoms with Gasteiger partial charge in [0.25, 0.3) is 0 Å². The lowest BCUT2D eigenvalue weighted by molar-refractivity contribution is -0.114. The Labute approximate surface area is 171 Å². The number of aromatic nitrogens is 3. The van der Waals surface area contributed by atoms with Crippen LogP contribution in [0, 0.1) is 6.92 Å². The van der Waals surface area contributed by atoms with Gasteiger partial charge in [0.1, 0.15) is 6.33 Å². The largest absolute Gasteiger partial charge is 0.326 e. The monoisotopic (exact) mass is 415 g/mol. The topological polar surface area (TPSA) is 88.9 Å². The maximum Gasteiger partial charge on any atom is 0.234 e. The maximum atomic E-state index is 12.3. The van der Waals surface area contributed by atoms with Crippen LogP contribution in [0.15, 0.2) is 53.9 Å². The Bertz CT molecular complexity index is 1020. The van der Waals surface area contributed by atoms with Crippen molar-refractivity contribution in [2.24, 2.45) is 0 Å². The fourth-order valence-corrected chi connectivity index (χ4v) is 3.40. The van der Waals surface area contributed by atoms with Gasteiger partial charge in [0.15, 0.2) is 5.16 Å². The summed E-state index contributed by atoms with van der Waals surface area (Å²) in [6.07, 6.45) is 1.56. The maximum absolute atomic E-state index is 12.3. The van der Waals surface area contributed by atoms with E-state index in [1.165, 1.54) is 18.7 Å². The fourth-order valence-electron chi connectivity index (χ4n) is 2.50. The van der Waals surface area contributed by atoms with Gasteiger partial charge in [0, 0.05) is 23.3 Å². The quantitative estimate of drug-likeness (QED) is 0.595. The van der Waals surface area contributed by atoms with Crippen LogP contribution in [0.3, 0.4) is 0 Å². The molecular formula is C19H18ClN5O2S. The molecule has 0 radical (unpaired) electrons. The highest BCUT2D eigenvalue weighted by atomic mass is 35.5. The minimum Gasteiger partial charge on any atom is -0.326 e. The molecule has 2 aromatic carbocycles. The molecule has 0 spiro atoms. The van der Waals surface area contributed by atoms with Crippen molar-refractivity contribution >= 4 is 46.6 Å². The number of halogens is 1. The van der Waals surface area contributed by atoms with Gasteiger partial charge in [-0.2, -0.15) is 0 Å². The molecule has 2 amide bonds. The average Bonchev–Trinajstić information content (AvgIpc) is 3.12. The summed E-state index contributed by atoms with van der Waals surface area (Å²) < 4.78 is 1.76. The first-order valence-corrected chi connectivity index (χ1v) is 9.76. The van der Waals surface area contributed by atoms with E-state index in [0.717, 1.165) is 11.3 Å². The zero-order valence-corrected chi connectivity index (χ0v) is 16.8. The van der Waals surface area contributed by atoms with Crippen LogP contribution in [0.25, 0.3) is 5.69 Å². The number of anilines is 2. The average molecular weight is 416 g/mol. The van der Waals surface area contributed by atoms with Gasteiger partial charge in [-0.25, -0.2) is 0 Å². The van der Waals surface area contributed by atoms with E-state index in [0.29, 0.717) is 21.6 Å². The smallest absolute Gasteiger partial charge is 0.234 e. The lowest BCUT2D eigenvalue weighted by atomic mass is 10.2. The van der Waals surface area contributed by atoms with Gasteiger partial charge >= 0.3 is 0 Å². The van der Waals surface area contributed by atoms with Crippen molar-refractivity contribution in [2.45, 2.75) is 19.0 Å². The Morgan fingerprint density at radius 3 is 2.75 bits per heavy atom. The van der Waals surface area contributed by atoms with Crippen molar-refractivity contribution in [3.05, 3.63) is 59.4 Å². The first-order chi connectivity index (χ1) is 13.4. The molecule has 9 heteroatoms. The van der Waals surface area contributed by atoms with Gasteiger partial charge in [-0.1, -0.05) is 35.5 Å². The highest BCUT2D eigenvalue weighted by Gasteiger charge is 2.12. The van der Waals surface area contributed by atoms with Crippen LogP contribution in [0.2, 0.25) is 5.02 Å². The van der Waals surface area contributed by atoms with E-state index in [1.54, 1.807) is 35.2 Å². The number of nitrogens with one attached hydrogen (secondary N) is 2. The van der Waals surface area contributed by atoms with Crippen LogP contribution < -0.4 is 10.6 Å². The number of carbonyl (C=O) groups excluding carboxylic acids is 2. The molecule has 0 aliphatic carbocycles. The van der Waals surface area contributed by atoms with E-state index in [4.69, 9.17) is 11.6 Å². The summed E-state index contributed by atoms with van der Waals surface area (Å²) in [6.45, 7) is 3.30. The predicted molar refractivity (Wildman–Crippen MR) is 111 cm³/mol. The molecule has 0 aliphatic rings. The normalized spacial score (nSPS) is 10.5. The fraction of sp³-hybridized carbons (Fsp3) is 0.158. The highest BCUT2D eigenvalue weighted by molar-refractivity contribution is 7.99. The number of nitrogens with zero attached hydrogens (tertiary/aromatic N) is 3. The van der Waals surface area contributed by atoms with Crippen molar-refractivity contribution in [2.75, 3.05) is 16.4 Å². The molecule has 0 atom stereocenters. The Morgan fingerprint density at radius 1 is 1.18 bits per heavy atom. The van der Waals surface area contributed by atoms with Gasteiger partial charge in [0.05, 0.1) is 11.4 Å². The first-order valence-electron chi connectivity index (χ1n) is 8.40. The third-order valence-electron chi connectivity index (χ3n) is 3.84. The van der Waals surface area contributed by atoms with Gasteiger partial charge in [-0.15, -0.1) is 10.2 Å². The molecule has 1 aromatic heterocycles. The summed E-state index contributed by atoms with van der Waals surface area (Å²) in [7, 11) is 0.